The zero-order valence-electron chi connectivity index (χ0n) is 13.7. The minimum absolute atomic E-state index is 0.0195. The van der Waals surface area contributed by atoms with E-state index in [1.165, 1.54) is 24.6 Å². The first-order chi connectivity index (χ1) is 11.6. The van der Waals surface area contributed by atoms with Crippen molar-refractivity contribution in [2.24, 2.45) is 0 Å². The van der Waals surface area contributed by atoms with Gasteiger partial charge in [0.25, 0.3) is 0 Å². The fourth-order valence-electron chi connectivity index (χ4n) is 2.56. The van der Waals surface area contributed by atoms with E-state index in [9.17, 15) is 8.42 Å². The standard InChI is InChI=1S/C17H20N2O4S/c1-22-15-7-8-16(23-2)17(10-15)24(20,21)19(14-5-6-14)12-13-4-3-9-18-11-13/h3-4,7-11,14H,5-6,12H2,1-2H3. The molecule has 0 saturated heterocycles. The molecule has 1 heterocycles. The van der Waals surface area contributed by atoms with Crippen LogP contribution in [0.2, 0.25) is 0 Å². The van der Waals surface area contributed by atoms with E-state index in [-0.39, 0.29) is 10.9 Å². The lowest BCUT2D eigenvalue weighted by atomic mass is 10.3. The summed E-state index contributed by atoms with van der Waals surface area (Å²) in [6.45, 7) is 0.293. The van der Waals surface area contributed by atoms with Crippen LogP contribution in [0.25, 0.3) is 0 Å². The Hall–Kier alpha value is -2.12. The van der Waals surface area contributed by atoms with E-state index < -0.39 is 10.0 Å². The summed E-state index contributed by atoms with van der Waals surface area (Å²) in [5.41, 5.74) is 0.856. The molecule has 1 aliphatic carbocycles. The molecule has 1 aromatic carbocycles. The number of benzene rings is 1. The van der Waals surface area contributed by atoms with Crippen LogP contribution in [0.5, 0.6) is 11.5 Å². The van der Waals surface area contributed by atoms with Crippen molar-refractivity contribution in [1.29, 1.82) is 0 Å². The summed E-state index contributed by atoms with van der Waals surface area (Å²) in [7, 11) is -0.743. The molecule has 0 atom stereocenters. The Kier molecular flexibility index (Phi) is 4.73. The lowest BCUT2D eigenvalue weighted by Crippen LogP contribution is -2.33. The highest BCUT2D eigenvalue weighted by Gasteiger charge is 2.39. The van der Waals surface area contributed by atoms with Gasteiger partial charge in [-0.15, -0.1) is 0 Å². The first-order valence-electron chi connectivity index (χ1n) is 7.69. The molecule has 1 aromatic heterocycles. The monoisotopic (exact) mass is 348 g/mol. The van der Waals surface area contributed by atoms with Gasteiger partial charge in [-0.2, -0.15) is 4.31 Å². The minimum Gasteiger partial charge on any atom is -0.497 e. The number of nitrogens with zero attached hydrogens (tertiary/aromatic N) is 2. The van der Waals surface area contributed by atoms with Crippen LogP contribution in [0.15, 0.2) is 47.6 Å². The molecule has 0 bridgehead atoms. The Morgan fingerprint density at radius 2 is 2.00 bits per heavy atom. The number of hydrogen-bond acceptors (Lipinski definition) is 5. The third-order valence-electron chi connectivity index (χ3n) is 3.97. The van der Waals surface area contributed by atoms with Gasteiger partial charge in [-0.25, -0.2) is 8.42 Å². The normalized spacial score (nSPS) is 14.6. The maximum absolute atomic E-state index is 13.2. The zero-order valence-corrected chi connectivity index (χ0v) is 14.5. The number of ether oxygens (including phenoxy) is 2. The summed E-state index contributed by atoms with van der Waals surface area (Å²) in [6, 6.07) is 8.50. The highest BCUT2D eigenvalue weighted by Crippen LogP contribution is 2.37. The Balaban J connectivity index is 2.00. The molecular formula is C17H20N2O4S. The second-order valence-electron chi connectivity index (χ2n) is 5.66. The van der Waals surface area contributed by atoms with Crippen LogP contribution in [0, 0.1) is 0 Å². The second kappa shape index (κ2) is 6.78. The topological polar surface area (TPSA) is 68.7 Å². The van der Waals surface area contributed by atoms with Gasteiger partial charge in [0.15, 0.2) is 0 Å². The molecule has 128 valence electrons. The number of methoxy groups -OCH3 is 2. The highest BCUT2D eigenvalue weighted by atomic mass is 32.2. The van der Waals surface area contributed by atoms with Crippen LogP contribution in [0.3, 0.4) is 0 Å². The van der Waals surface area contributed by atoms with Crippen molar-refractivity contribution in [3.05, 3.63) is 48.3 Å². The molecule has 1 saturated carbocycles. The first-order valence-corrected chi connectivity index (χ1v) is 9.13. The molecule has 0 unspecified atom stereocenters. The molecule has 0 N–H and O–H groups in total. The van der Waals surface area contributed by atoms with Crippen molar-refractivity contribution >= 4 is 10.0 Å². The van der Waals surface area contributed by atoms with Crippen LogP contribution >= 0.6 is 0 Å². The maximum atomic E-state index is 13.2. The second-order valence-corrected chi connectivity index (χ2v) is 7.52. The van der Waals surface area contributed by atoms with Gasteiger partial charge in [0.05, 0.1) is 14.2 Å². The van der Waals surface area contributed by atoms with Crippen LogP contribution in [-0.2, 0) is 16.6 Å². The van der Waals surface area contributed by atoms with Crippen LogP contribution < -0.4 is 9.47 Å². The average Bonchev–Trinajstić information content (AvgIpc) is 3.44. The molecule has 0 aliphatic heterocycles. The highest BCUT2D eigenvalue weighted by molar-refractivity contribution is 7.89. The average molecular weight is 348 g/mol. The van der Waals surface area contributed by atoms with E-state index in [0.717, 1.165) is 18.4 Å². The maximum Gasteiger partial charge on any atom is 0.247 e. The summed E-state index contributed by atoms with van der Waals surface area (Å²) in [6.07, 6.45) is 5.09. The van der Waals surface area contributed by atoms with Crippen LogP contribution in [0.4, 0.5) is 0 Å². The molecule has 1 fully saturated rings. The van der Waals surface area contributed by atoms with Crippen molar-refractivity contribution in [3.63, 3.8) is 0 Å². The third kappa shape index (κ3) is 3.37. The van der Waals surface area contributed by atoms with Gasteiger partial charge in [-0.05, 0) is 36.6 Å². The van der Waals surface area contributed by atoms with Crippen molar-refractivity contribution in [2.45, 2.75) is 30.3 Å². The number of aromatic nitrogens is 1. The van der Waals surface area contributed by atoms with Crippen molar-refractivity contribution in [3.8, 4) is 11.5 Å². The Labute approximate surface area is 142 Å². The molecule has 2 aromatic rings. The van der Waals surface area contributed by atoms with Crippen molar-refractivity contribution < 1.29 is 17.9 Å². The molecule has 1 aliphatic rings. The summed E-state index contributed by atoms with van der Waals surface area (Å²) in [5.74, 6) is 0.791. The van der Waals surface area contributed by atoms with E-state index in [1.54, 1.807) is 30.6 Å². The van der Waals surface area contributed by atoms with Gasteiger partial charge in [0.2, 0.25) is 10.0 Å². The smallest absolute Gasteiger partial charge is 0.247 e. The molecular weight excluding hydrogens is 328 g/mol. The molecule has 7 heteroatoms. The SMILES string of the molecule is COc1ccc(OC)c(S(=O)(=O)N(Cc2cccnc2)C2CC2)c1. The number of hydrogen-bond donors (Lipinski definition) is 0. The lowest BCUT2D eigenvalue weighted by Gasteiger charge is -2.23. The summed E-state index contributed by atoms with van der Waals surface area (Å²) < 4.78 is 38.4. The quantitative estimate of drug-likeness (QED) is 0.769. The molecule has 0 radical (unpaired) electrons. The number of sulfonamides is 1. The van der Waals surface area contributed by atoms with Crippen molar-refractivity contribution in [2.75, 3.05) is 14.2 Å². The third-order valence-corrected chi connectivity index (χ3v) is 5.89. The van der Waals surface area contributed by atoms with Gasteiger partial charge in [-0.1, -0.05) is 6.07 Å². The van der Waals surface area contributed by atoms with Gasteiger partial charge < -0.3 is 9.47 Å². The Bertz CT molecular complexity index is 805. The van der Waals surface area contributed by atoms with E-state index in [2.05, 4.69) is 4.98 Å². The van der Waals surface area contributed by atoms with E-state index in [0.29, 0.717) is 18.0 Å². The molecule has 0 spiro atoms. The minimum atomic E-state index is -3.71. The van der Waals surface area contributed by atoms with E-state index in [4.69, 9.17) is 9.47 Å². The fourth-order valence-corrected chi connectivity index (χ4v) is 4.40. The van der Waals surface area contributed by atoms with Crippen LogP contribution in [-0.4, -0.2) is 38.0 Å². The Morgan fingerprint density at radius 3 is 2.58 bits per heavy atom. The van der Waals surface area contributed by atoms with Gasteiger partial charge >= 0.3 is 0 Å². The fraction of sp³-hybridized carbons (Fsp3) is 0.353. The van der Waals surface area contributed by atoms with Crippen LogP contribution in [0.1, 0.15) is 18.4 Å². The van der Waals surface area contributed by atoms with Gasteiger partial charge in [0, 0.05) is 31.0 Å². The van der Waals surface area contributed by atoms with E-state index >= 15 is 0 Å². The summed E-state index contributed by atoms with van der Waals surface area (Å²) in [5, 5.41) is 0. The summed E-state index contributed by atoms with van der Waals surface area (Å²) >= 11 is 0. The number of pyridine rings is 1. The molecule has 3 rings (SSSR count). The van der Waals surface area contributed by atoms with Gasteiger partial charge in [0.1, 0.15) is 16.4 Å². The Morgan fingerprint density at radius 1 is 1.21 bits per heavy atom. The van der Waals surface area contributed by atoms with Gasteiger partial charge in [-0.3, -0.25) is 4.98 Å². The van der Waals surface area contributed by atoms with Crippen molar-refractivity contribution in [1.82, 2.24) is 9.29 Å². The predicted molar refractivity (Wildman–Crippen MR) is 89.5 cm³/mol. The molecule has 0 amide bonds. The predicted octanol–water partition coefficient (Wildman–Crippen LogP) is 2.45. The molecule has 24 heavy (non-hydrogen) atoms. The first kappa shape index (κ1) is 16.7. The van der Waals surface area contributed by atoms with E-state index in [1.807, 2.05) is 6.07 Å². The summed E-state index contributed by atoms with van der Waals surface area (Å²) in [4.78, 5) is 4.19. The molecule has 6 nitrogen and oxygen atoms in total. The lowest BCUT2D eigenvalue weighted by molar-refractivity contribution is 0.376. The zero-order chi connectivity index (χ0) is 17.2. The number of rotatable bonds is 7. The largest absolute Gasteiger partial charge is 0.497 e.